The van der Waals surface area contributed by atoms with Gasteiger partial charge in [0.15, 0.2) is 0 Å². The second-order valence-electron chi connectivity index (χ2n) is 9.34. The summed E-state index contributed by atoms with van der Waals surface area (Å²) in [6.45, 7) is 0. The minimum atomic E-state index is 0.0768. The van der Waals surface area contributed by atoms with Gasteiger partial charge < -0.3 is 9.73 Å². The number of furan rings is 1. The smallest absolute Gasteiger partial charge is 0.224 e. The summed E-state index contributed by atoms with van der Waals surface area (Å²) in [5.41, 5.74) is 1.95. The molecule has 0 unspecified atom stereocenters. The van der Waals surface area contributed by atoms with Crippen LogP contribution in [-0.2, 0) is 11.2 Å². The van der Waals surface area contributed by atoms with Crippen LogP contribution in [-0.4, -0.2) is 11.4 Å². The van der Waals surface area contributed by atoms with Crippen LogP contribution >= 0.6 is 0 Å². The lowest BCUT2D eigenvalue weighted by Crippen LogP contribution is -2.60. The Morgan fingerprint density at radius 1 is 1.00 bits per heavy atom. The number of carbonyl (C=O) groups excluding carboxylic acids is 1. The van der Waals surface area contributed by atoms with Gasteiger partial charge in [-0.1, -0.05) is 30.3 Å². The van der Waals surface area contributed by atoms with Crippen molar-refractivity contribution in [2.45, 2.75) is 50.5 Å². The maximum absolute atomic E-state index is 13.0. The Bertz CT molecular complexity index is 1010. The summed E-state index contributed by atoms with van der Waals surface area (Å²) < 4.78 is 5.77. The van der Waals surface area contributed by atoms with Crippen LogP contribution in [0, 0.1) is 17.8 Å². The van der Waals surface area contributed by atoms with Crippen LogP contribution in [0.25, 0.3) is 21.7 Å². The zero-order valence-corrected chi connectivity index (χ0v) is 15.5. The van der Waals surface area contributed by atoms with E-state index >= 15 is 0 Å². The van der Waals surface area contributed by atoms with Gasteiger partial charge in [0.2, 0.25) is 5.91 Å². The van der Waals surface area contributed by atoms with Crippen molar-refractivity contribution in [2.24, 2.45) is 17.8 Å². The molecular weight excluding hydrogens is 334 g/mol. The summed E-state index contributed by atoms with van der Waals surface area (Å²) in [7, 11) is 0. The molecule has 1 N–H and O–H groups in total. The fraction of sp³-hybridized carbons (Fsp3) is 0.458. The fourth-order valence-corrected chi connectivity index (χ4v) is 6.78. The largest absolute Gasteiger partial charge is 0.464 e. The molecule has 0 atom stereocenters. The van der Waals surface area contributed by atoms with E-state index < -0.39 is 0 Å². The predicted octanol–water partition coefficient (Wildman–Crippen LogP) is 5.21. The van der Waals surface area contributed by atoms with Crippen LogP contribution < -0.4 is 5.32 Å². The number of nitrogens with one attached hydrogen (secondary N) is 1. The van der Waals surface area contributed by atoms with E-state index in [1.165, 1.54) is 49.3 Å². The molecule has 3 heteroatoms. The fourth-order valence-electron chi connectivity index (χ4n) is 6.78. The molecule has 2 aromatic carbocycles. The van der Waals surface area contributed by atoms with Gasteiger partial charge >= 0.3 is 0 Å². The standard InChI is InChI=1S/C24H25NO2/c26-22(25-24-11-15-7-16(12-24)9-17(8-15)13-24)10-19-14-27-21-6-5-18-3-1-2-4-20(18)23(19)21/h1-6,14-17H,7-13H2,(H,25,26). The van der Waals surface area contributed by atoms with E-state index in [0.717, 1.165) is 34.3 Å². The molecule has 0 spiro atoms. The Balaban J connectivity index is 1.29. The molecule has 3 nitrogen and oxygen atoms in total. The van der Waals surface area contributed by atoms with Crippen molar-refractivity contribution >= 4 is 27.6 Å². The SMILES string of the molecule is O=C(Cc1coc2ccc3ccccc3c12)NC12CC3CC(CC(C3)C1)C2. The van der Waals surface area contributed by atoms with E-state index in [2.05, 4.69) is 23.5 Å². The summed E-state index contributed by atoms with van der Waals surface area (Å²) in [6.07, 6.45) is 9.95. The minimum absolute atomic E-state index is 0.0768. The Morgan fingerprint density at radius 2 is 1.70 bits per heavy atom. The van der Waals surface area contributed by atoms with Gasteiger partial charge in [-0.15, -0.1) is 0 Å². The van der Waals surface area contributed by atoms with E-state index in [1.807, 2.05) is 18.2 Å². The monoisotopic (exact) mass is 359 g/mol. The molecule has 0 aliphatic heterocycles. The number of hydrogen-bond acceptors (Lipinski definition) is 2. The first kappa shape index (κ1) is 15.7. The lowest BCUT2D eigenvalue weighted by Gasteiger charge is -2.56. The zero-order valence-electron chi connectivity index (χ0n) is 15.5. The van der Waals surface area contributed by atoms with E-state index in [1.54, 1.807) is 6.26 Å². The van der Waals surface area contributed by atoms with Crippen molar-refractivity contribution in [3.05, 3.63) is 48.2 Å². The van der Waals surface area contributed by atoms with Crippen LogP contribution in [0.15, 0.2) is 47.1 Å². The number of carbonyl (C=O) groups is 1. The molecule has 27 heavy (non-hydrogen) atoms. The average Bonchev–Trinajstić information content (AvgIpc) is 3.03. The first-order chi connectivity index (χ1) is 13.2. The van der Waals surface area contributed by atoms with Crippen LogP contribution in [0.2, 0.25) is 0 Å². The molecule has 1 heterocycles. The predicted molar refractivity (Wildman–Crippen MR) is 106 cm³/mol. The van der Waals surface area contributed by atoms with Crippen molar-refractivity contribution in [1.82, 2.24) is 5.32 Å². The molecule has 1 amide bonds. The normalized spacial score (nSPS) is 31.6. The summed E-state index contributed by atoms with van der Waals surface area (Å²) in [4.78, 5) is 13.0. The van der Waals surface area contributed by atoms with Gasteiger partial charge in [-0.3, -0.25) is 4.79 Å². The number of fused-ring (bicyclic) bond motifs is 3. The highest BCUT2D eigenvalue weighted by Gasteiger charge is 2.51. The first-order valence-electron chi connectivity index (χ1n) is 10.4. The third-order valence-corrected chi connectivity index (χ3v) is 7.33. The molecule has 0 radical (unpaired) electrons. The molecule has 4 aliphatic carbocycles. The van der Waals surface area contributed by atoms with Gasteiger partial charge in [-0.25, -0.2) is 0 Å². The van der Waals surface area contributed by atoms with Gasteiger partial charge in [0, 0.05) is 16.5 Å². The zero-order chi connectivity index (χ0) is 18.0. The maximum atomic E-state index is 13.0. The Labute approximate surface area is 159 Å². The molecule has 0 saturated heterocycles. The third kappa shape index (κ3) is 2.51. The van der Waals surface area contributed by atoms with E-state index in [0.29, 0.717) is 6.42 Å². The molecule has 4 fully saturated rings. The van der Waals surface area contributed by atoms with Crippen molar-refractivity contribution in [3.63, 3.8) is 0 Å². The van der Waals surface area contributed by atoms with Crippen LogP contribution in [0.3, 0.4) is 0 Å². The minimum Gasteiger partial charge on any atom is -0.464 e. The number of amides is 1. The van der Waals surface area contributed by atoms with E-state index in [4.69, 9.17) is 4.42 Å². The number of benzene rings is 2. The second kappa shape index (κ2) is 5.60. The average molecular weight is 359 g/mol. The maximum Gasteiger partial charge on any atom is 0.224 e. The highest BCUT2D eigenvalue weighted by Crippen LogP contribution is 2.55. The first-order valence-corrected chi connectivity index (χ1v) is 10.4. The Hall–Kier alpha value is -2.29. The summed E-state index contributed by atoms with van der Waals surface area (Å²) in [5, 5.41) is 6.94. The molecule has 4 aliphatic rings. The van der Waals surface area contributed by atoms with Gasteiger partial charge in [-0.2, -0.15) is 0 Å². The molecule has 1 aromatic heterocycles. The van der Waals surface area contributed by atoms with Crippen molar-refractivity contribution in [3.8, 4) is 0 Å². The van der Waals surface area contributed by atoms with Crippen molar-refractivity contribution in [2.75, 3.05) is 0 Å². The number of rotatable bonds is 3. The van der Waals surface area contributed by atoms with Gasteiger partial charge in [0.25, 0.3) is 0 Å². The third-order valence-electron chi connectivity index (χ3n) is 7.33. The molecule has 3 aromatic rings. The molecule has 4 bridgehead atoms. The Kier molecular flexibility index (Phi) is 3.27. The molecular formula is C24H25NO2. The van der Waals surface area contributed by atoms with Crippen LogP contribution in [0.5, 0.6) is 0 Å². The van der Waals surface area contributed by atoms with Gasteiger partial charge in [0.1, 0.15) is 5.58 Å². The molecule has 4 saturated carbocycles. The van der Waals surface area contributed by atoms with Gasteiger partial charge in [-0.05, 0) is 73.1 Å². The lowest BCUT2D eigenvalue weighted by molar-refractivity contribution is -0.126. The lowest BCUT2D eigenvalue weighted by atomic mass is 9.53. The highest BCUT2D eigenvalue weighted by molar-refractivity contribution is 6.08. The summed E-state index contributed by atoms with van der Waals surface area (Å²) >= 11 is 0. The van der Waals surface area contributed by atoms with Crippen LogP contribution in [0.1, 0.15) is 44.1 Å². The summed E-state index contributed by atoms with van der Waals surface area (Å²) in [5.74, 6) is 2.69. The van der Waals surface area contributed by atoms with Crippen LogP contribution in [0.4, 0.5) is 0 Å². The van der Waals surface area contributed by atoms with E-state index in [-0.39, 0.29) is 11.4 Å². The highest BCUT2D eigenvalue weighted by atomic mass is 16.3. The molecule has 138 valence electrons. The van der Waals surface area contributed by atoms with Gasteiger partial charge in [0.05, 0.1) is 12.7 Å². The van der Waals surface area contributed by atoms with Crippen molar-refractivity contribution < 1.29 is 9.21 Å². The second-order valence-corrected chi connectivity index (χ2v) is 9.34. The summed E-state index contributed by atoms with van der Waals surface area (Å²) in [6, 6.07) is 12.4. The quantitative estimate of drug-likeness (QED) is 0.697. The molecule has 7 rings (SSSR count). The Morgan fingerprint density at radius 3 is 2.44 bits per heavy atom. The topological polar surface area (TPSA) is 42.2 Å². The number of hydrogen-bond donors (Lipinski definition) is 1. The van der Waals surface area contributed by atoms with E-state index in [9.17, 15) is 4.79 Å². The van der Waals surface area contributed by atoms with Crippen molar-refractivity contribution in [1.29, 1.82) is 0 Å².